The highest BCUT2D eigenvalue weighted by Crippen LogP contribution is 2.39. The van der Waals surface area contributed by atoms with Gasteiger partial charge in [0.1, 0.15) is 11.6 Å². The third-order valence-corrected chi connectivity index (χ3v) is 2.35. The Morgan fingerprint density at radius 2 is 1.72 bits per heavy atom. The molecule has 0 saturated heterocycles. The molecule has 1 rings (SSSR count). The summed E-state index contributed by atoms with van der Waals surface area (Å²) >= 11 is 0. The van der Waals surface area contributed by atoms with Gasteiger partial charge >= 0.3 is 12.1 Å². The van der Waals surface area contributed by atoms with Gasteiger partial charge in [-0.05, 0) is 24.6 Å². The topological polar surface area (TPSA) is 37.3 Å². The van der Waals surface area contributed by atoms with Crippen LogP contribution in [0.25, 0.3) is 0 Å². The second-order valence-electron chi connectivity index (χ2n) is 3.83. The van der Waals surface area contributed by atoms with Crippen LogP contribution in [0, 0.1) is 18.6 Å². The van der Waals surface area contributed by atoms with E-state index >= 15 is 0 Å². The molecule has 0 heterocycles. The number of alkyl halides is 3. The minimum atomic E-state index is -5.03. The molecule has 0 bridgehead atoms. The van der Waals surface area contributed by atoms with Gasteiger partial charge in [0.15, 0.2) is 0 Å². The van der Waals surface area contributed by atoms with Crippen molar-refractivity contribution in [1.29, 1.82) is 0 Å². The number of carboxylic acids is 1. The molecule has 1 atom stereocenters. The van der Waals surface area contributed by atoms with Crippen molar-refractivity contribution >= 4 is 5.97 Å². The minimum absolute atomic E-state index is 0.116. The number of benzene rings is 1. The molecular formula is C11H9F5O2. The van der Waals surface area contributed by atoms with Crippen molar-refractivity contribution in [2.75, 3.05) is 0 Å². The van der Waals surface area contributed by atoms with E-state index in [0.717, 1.165) is 12.1 Å². The zero-order valence-corrected chi connectivity index (χ0v) is 9.18. The first kappa shape index (κ1) is 14.4. The largest absolute Gasteiger partial charge is 0.481 e. The number of carbonyl (C=O) groups is 1. The molecule has 7 heteroatoms. The third kappa shape index (κ3) is 3.18. The first-order valence-corrected chi connectivity index (χ1v) is 4.87. The zero-order valence-electron chi connectivity index (χ0n) is 9.18. The number of halogens is 5. The fourth-order valence-electron chi connectivity index (χ4n) is 1.60. The van der Waals surface area contributed by atoms with Crippen molar-refractivity contribution in [3.05, 3.63) is 34.9 Å². The monoisotopic (exact) mass is 268 g/mol. The highest BCUT2D eigenvalue weighted by Gasteiger charge is 2.44. The molecule has 0 saturated carbocycles. The molecule has 0 amide bonds. The average Bonchev–Trinajstić information content (AvgIpc) is 2.12. The maximum absolute atomic E-state index is 13.4. The van der Waals surface area contributed by atoms with Crippen LogP contribution in [0.15, 0.2) is 12.1 Å². The zero-order chi connectivity index (χ0) is 14.1. The van der Waals surface area contributed by atoms with Gasteiger partial charge in [-0.3, -0.25) is 4.79 Å². The van der Waals surface area contributed by atoms with Crippen LogP contribution in [0.3, 0.4) is 0 Å². The van der Waals surface area contributed by atoms with Crippen LogP contribution in [-0.4, -0.2) is 17.3 Å². The molecule has 0 fully saturated rings. The molecule has 18 heavy (non-hydrogen) atoms. The Morgan fingerprint density at radius 1 is 1.28 bits per heavy atom. The van der Waals surface area contributed by atoms with E-state index in [1.807, 2.05) is 0 Å². The Hall–Kier alpha value is -1.66. The Bertz CT molecular complexity index is 444. The van der Waals surface area contributed by atoms with Gasteiger partial charge < -0.3 is 5.11 Å². The summed E-state index contributed by atoms with van der Waals surface area (Å²) < 4.78 is 64.7. The van der Waals surface area contributed by atoms with Crippen molar-refractivity contribution < 1.29 is 31.9 Å². The Labute approximate surface area is 99.0 Å². The van der Waals surface area contributed by atoms with Crippen LogP contribution in [0.4, 0.5) is 22.0 Å². The van der Waals surface area contributed by atoms with E-state index < -0.39 is 41.7 Å². The maximum Gasteiger partial charge on any atom is 0.396 e. The number of rotatable bonds is 3. The van der Waals surface area contributed by atoms with Crippen LogP contribution in [0.5, 0.6) is 0 Å². The summed E-state index contributed by atoms with van der Waals surface area (Å²) in [5, 5.41) is 8.40. The normalized spacial score (nSPS) is 13.4. The van der Waals surface area contributed by atoms with Crippen LogP contribution in [0.2, 0.25) is 0 Å². The van der Waals surface area contributed by atoms with Gasteiger partial charge in [-0.2, -0.15) is 13.2 Å². The predicted octanol–water partition coefficient (Wildman–Crippen LogP) is 3.39. The molecule has 0 aliphatic rings. The Kier molecular flexibility index (Phi) is 3.93. The molecule has 1 unspecified atom stereocenters. The number of aliphatic carboxylic acids is 1. The summed E-state index contributed by atoms with van der Waals surface area (Å²) in [7, 11) is 0. The summed E-state index contributed by atoms with van der Waals surface area (Å²) in [5.41, 5.74) is -1.14. The number of carboxylic acid groups (broad SMARTS) is 1. The molecule has 2 nitrogen and oxygen atoms in total. The maximum atomic E-state index is 13.4. The van der Waals surface area contributed by atoms with Crippen LogP contribution in [-0.2, 0) is 4.79 Å². The molecular weight excluding hydrogens is 259 g/mol. The third-order valence-electron chi connectivity index (χ3n) is 2.35. The van der Waals surface area contributed by atoms with E-state index in [9.17, 15) is 26.7 Å². The summed E-state index contributed by atoms with van der Waals surface area (Å²) in [6.45, 7) is 1.32. The lowest BCUT2D eigenvalue weighted by atomic mass is 9.93. The number of hydrogen-bond donors (Lipinski definition) is 1. The summed E-state index contributed by atoms with van der Waals surface area (Å²) in [6.07, 6.45) is -6.45. The van der Waals surface area contributed by atoms with Crippen molar-refractivity contribution in [2.45, 2.75) is 25.4 Å². The minimum Gasteiger partial charge on any atom is -0.481 e. The molecule has 1 aromatic rings. The Morgan fingerprint density at radius 3 is 2.06 bits per heavy atom. The van der Waals surface area contributed by atoms with Crippen LogP contribution >= 0.6 is 0 Å². The molecule has 100 valence electrons. The lowest BCUT2D eigenvalue weighted by Gasteiger charge is -2.20. The molecule has 0 aromatic heterocycles. The highest BCUT2D eigenvalue weighted by atomic mass is 19.4. The number of aryl methyl sites for hydroxylation is 1. The van der Waals surface area contributed by atoms with Crippen LogP contribution < -0.4 is 0 Å². The van der Waals surface area contributed by atoms with Crippen LogP contribution in [0.1, 0.15) is 23.5 Å². The van der Waals surface area contributed by atoms with Gasteiger partial charge in [0, 0.05) is 5.56 Å². The standard InChI is InChI=1S/C11H9F5O2/c1-5-2-7(12)10(8(13)3-5)6(4-9(17)18)11(14,15)16/h2-3,6H,4H2,1H3,(H,17,18). The lowest BCUT2D eigenvalue weighted by Crippen LogP contribution is -2.25. The van der Waals surface area contributed by atoms with Gasteiger partial charge in [-0.25, -0.2) is 8.78 Å². The van der Waals surface area contributed by atoms with E-state index in [0.29, 0.717) is 0 Å². The molecule has 0 spiro atoms. The predicted molar refractivity (Wildman–Crippen MR) is 52.1 cm³/mol. The van der Waals surface area contributed by atoms with Crippen molar-refractivity contribution in [3.8, 4) is 0 Å². The van der Waals surface area contributed by atoms with Crippen molar-refractivity contribution in [1.82, 2.24) is 0 Å². The van der Waals surface area contributed by atoms with Gasteiger partial charge in [0.25, 0.3) is 0 Å². The smallest absolute Gasteiger partial charge is 0.396 e. The Balaban J connectivity index is 3.34. The fraction of sp³-hybridized carbons (Fsp3) is 0.364. The molecule has 0 aliphatic heterocycles. The SMILES string of the molecule is Cc1cc(F)c(C(CC(=O)O)C(F)(F)F)c(F)c1. The van der Waals surface area contributed by atoms with Gasteiger partial charge in [0.2, 0.25) is 0 Å². The van der Waals surface area contributed by atoms with E-state index in [1.165, 1.54) is 6.92 Å². The molecule has 1 aromatic carbocycles. The van der Waals surface area contributed by atoms with E-state index in [4.69, 9.17) is 5.11 Å². The summed E-state index contributed by atoms with van der Waals surface area (Å²) in [4.78, 5) is 10.4. The quantitative estimate of drug-likeness (QED) is 0.853. The van der Waals surface area contributed by atoms with E-state index in [2.05, 4.69) is 0 Å². The van der Waals surface area contributed by atoms with E-state index in [1.54, 1.807) is 0 Å². The molecule has 0 aliphatic carbocycles. The molecule has 1 N–H and O–H groups in total. The second kappa shape index (κ2) is 4.91. The van der Waals surface area contributed by atoms with Gasteiger partial charge in [0.05, 0.1) is 12.3 Å². The fourth-order valence-corrected chi connectivity index (χ4v) is 1.60. The van der Waals surface area contributed by atoms with E-state index in [-0.39, 0.29) is 5.56 Å². The highest BCUT2D eigenvalue weighted by molar-refractivity contribution is 5.68. The summed E-state index contributed by atoms with van der Waals surface area (Å²) in [5.74, 6) is -7.26. The first-order valence-electron chi connectivity index (χ1n) is 4.87. The lowest BCUT2D eigenvalue weighted by molar-refractivity contribution is -0.164. The average molecular weight is 268 g/mol. The summed E-state index contributed by atoms with van der Waals surface area (Å²) in [6, 6.07) is 1.47. The van der Waals surface area contributed by atoms with Crippen molar-refractivity contribution in [3.63, 3.8) is 0 Å². The number of hydrogen-bond acceptors (Lipinski definition) is 1. The van der Waals surface area contributed by atoms with Gasteiger partial charge in [-0.15, -0.1) is 0 Å². The van der Waals surface area contributed by atoms with Crippen molar-refractivity contribution in [2.24, 2.45) is 0 Å². The molecule has 0 radical (unpaired) electrons. The second-order valence-corrected chi connectivity index (χ2v) is 3.83. The first-order chi connectivity index (χ1) is 8.12. The van der Waals surface area contributed by atoms with Gasteiger partial charge in [-0.1, -0.05) is 0 Å².